The number of nitrogens with two attached hydrogens (primary N) is 1. The highest BCUT2D eigenvalue weighted by Gasteiger charge is 2.40. The molecule has 1 aromatic rings. The zero-order valence-electron chi connectivity index (χ0n) is 9.25. The average Bonchev–Trinajstić information content (AvgIpc) is 2.89. The van der Waals surface area contributed by atoms with Crippen LogP contribution in [0.5, 0.6) is 0 Å². The van der Waals surface area contributed by atoms with Crippen molar-refractivity contribution in [3.05, 3.63) is 34.9 Å². The summed E-state index contributed by atoms with van der Waals surface area (Å²) < 4.78 is 0. The van der Waals surface area contributed by atoms with Crippen LogP contribution >= 0.6 is 0 Å². The molecule has 1 aromatic carbocycles. The highest BCUT2D eigenvalue weighted by molar-refractivity contribution is 5.35. The lowest BCUT2D eigenvalue weighted by Crippen LogP contribution is -2.17. The van der Waals surface area contributed by atoms with E-state index < -0.39 is 0 Å². The van der Waals surface area contributed by atoms with Crippen LogP contribution in [0, 0.1) is 19.8 Å². The predicted octanol–water partition coefficient (Wildman–Crippen LogP) is 2.75. The highest BCUT2D eigenvalue weighted by Crippen LogP contribution is 2.49. The number of aryl methyl sites for hydroxylation is 2. The van der Waals surface area contributed by atoms with Crippen molar-refractivity contribution in [1.29, 1.82) is 0 Å². The topological polar surface area (TPSA) is 26.0 Å². The largest absolute Gasteiger partial charge is 0.328 e. The fraction of sp³-hybridized carbons (Fsp3) is 0.538. The Morgan fingerprint density at radius 3 is 2.50 bits per heavy atom. The lowest BCUT2D eigenvalue weighted by Gasteiger charge is -2.06. The van der Waals surface area contributed by atoms with Crippen molar-refractivity contribution in [2.45, 2.75) is 39.2 Å². The van der Waals surface area contributed by atoms with E-state index in [1.807, 2.05) is 0 Å². The van der Waals surface area contributed by atoms with Gasteiger partial charge in [-0.1, -0.05) is 18.2 Å². The van der Waals surface area contributed by atoms with Crippen molar-refractivity contribution in [3.8, 4) is 0 Å². The Morgan fingerprint density at radius 2 is 2.00 bits per heavy atom. The van der Waals surface area contributed by atoms with Gasteiger partial charge >= 0.3 is 0 Å². The second-order valence-corrected chi connectivity index (χ2v) is 4.71. The van der Waals surface area contributed by atoms with Gasteiger partial charge in [0.15, 0.2) is 0 Å². The molecule has 0 bridgehead atoms. The average molecular weight is 189 g/mol. The van der Waals surface area contributed by atoms with Gasteiger partial charge in [-0.05, 0) is 55.7 Å². The fourth-order valence-corrected chi connectivity index (χ4v) is 2.17. The molecule has 0 heterocycles. The first-order chi connectivity index (χ1) is 6.59. The second kappa shape index (κ2) is 3.39. The lowest BCUT2D eigenvalue weighted by atomic mass is 10.0. The fourth-order valence-electron chi connectivity index (χ4n) is 2.17. The molecule has 1 fully saturated rings. The van der Waals surface area contributed by atoms with Crippen molar-refractivity contribution in [3.63, 3.8) is 0 Å². The quantitative estimate of drug-likeness (QED) is 0.760. The van der Waals surface area contributed by atoms with E-state index in [9.17, 15) is 0 Å². The Kier molecular flexibility index (Phi) is 2.36. The molecule has 0 saturated heterocycles. The van der Waals surface area contributed by atoms with Crippen LogP contribution in [0.1, 0.15) is 36.0 Å². The van der Waals surface area contributed by atoms with Crippen LogP contribution in [0.15, 0.2) is 18.2 Å². The van der Waals surface area contributed by atoms with Crippen LogP contribution < -0.4 is 5.73 Å². The van der Waals surface area contributed by atoms with Crippen LogP contribution in [-0.4, -0.2) is 6.04 Å². The predicted molar refractivity (Wildman–Crippen MR) is 60.4 cm³/mol. The van der Waals surface area contributed by atoms with E-state index in [1.54, 1.807) is 0 Å². The van der Waals surface area contributed by atoms with E-state index in [4.69, 9.17) is 5.73 Å². The molecular weight excluding hydrogens is 170 g/mol. The molecule has 1 heteroatoms. The summed E-state index contributed by atoms with van der Waals surface area (Å²) in [5, 5.41) is 0. The number of benzene rings is 1. The molecule has 2 N–H and O–H groups in total. The van der Waals surface area contributed by atoms with E-state index in [0.29, 0.717) is 6.04 Å². The molecule has 1 saturated carbocycles. The summed E-state index contributed by atoms with van der Waals surface area (Å²) in [7, 11) is 0. The zero-order chi connectivity index (χ0) is 10.3. The van der Waals surface area contributed by atoms with E-state index in [-0.39, 0.29) is 0 Å². The van der Waals surface area contributed by atoms with Crippen LogP contribution in [-0.2, 0) is 0 Å². The maximum absolute atomic E-state index is 5.89. The van der Waals surface area contributed by atoms with Gasteiger partial charge in [0.1, 0.15) is 0 Å². The molecule has 0 amide bonds. The molecule has 1 aliphatic rings. The van der Waals surface area contributed by atoms with E-state index in [2.05, 4.69) is 39.0 Å². The van der Waals surface area contributed by atoms with Crippen molar-refractivity contribution >= 4 is 0 Å². The van der Waals surface area contributed by atoms with Crippen molar-refractivity contribution in [2.24, 2.45) is 11.7 Å². The van der Waals surface area contributed by atoms with Gasteiger partial charge in [-0.15, -0.1) is 0 Å². The van der Waals surface area contributed by atoms with E-state index in [0.717, 1.165) is 11.8 Å². The zero-order valence-corrected chi connectivity index (χ0v) is 9.25. The number of hydrogen-bond donors (Lipinski definition) is 1. The first-order valence-corrected chi connectivity index (χ1v) is 5.42. The summed E-state index contributed by atoms with van der Waals surface area (Å²) in [6.45, 7) is 6.46. The van der Waals surface area contributed by atoms with Crippen LogP contribution in [0.4, 0.5) is 0 Å². The van der Waals surface area contributed by atoms with Crippen LogP contribution in [0.2, 0.25) is 0 Å². The maximum Gasteiger partial charge on any atom is 0.00448 e. The molecule has 0 spiro atoms. The molecule has 2 rings (SSSR count). The van der Waals surface area contributed by atoms with E-state index in [1.165, 1.54) is 23.1 Å². The first kappa shape index (κ1) is 9.72. The Hall–Kier alpha value is -0.820. The smallest absolute Gasteiger partial charge is 0.00448 e. The lowest BCUT2D eigenvalue weighted by molar-refractivity contribution is 0.631. The molecular formula is C13H19N. The minimum atomic E-state index is 0.349. The highest BCUT2D eigenvalue weighted by atomic mass is 14.7. The molecule has 1 aliphatic carbocycles. The van der Waals surface area contributed by atoms with Gasteiger partial charge in [0.05, 0.1) is 0 Å². The van der Waals surface area contributed by atoms with Gasteiger partial charge in [0.2, 0.25) is 0 Å². The Bertz CT molecular complexity index is 341. The molecule has 1 nitrogen and oxygen atoms in total. The minimum Gasteiger partial charge on any atom is -0.328 e. The summed E-state index contributed by atoms with van der Waals surface area (Å²) in [6.07, 6.45) is 1.28. The molecule has 76 valence electrons. The number of hydrogen-bond acceptors (Lipinski definition) is 1. The molecule has 0 aliphatic heterocycles. The summed E-state index contributed by atoms with van der Waals surface area (Å²) in [5.41, 5.74) is 10.2. The minimum absolute atomic E-state index is 0.349. The third kappa shape index (κ3) is 1.69. The monoisotopic (exact) mass is 189 g/mol. The van der Waals surface area contributed by atoms with Crippen LogP contribution in [0.3, 0.4) is 0 Å². The van der Waals surface area contributed by atoms with Crippen molar-refractivity contribution < 1.29 is 0 Å². The summed E-state index contributed by atoms with van der Waals surface area (Å²) in [5.74, 6) is 1.45. The Balaban J connectivity index is 2.16. The number of rotatable bonds is 2. The normalized spacial score (nSPS) is 27.4. The third-order valence-electron chi connectivity index (χ3n) is 3.47. The van der Waals surface area contributed by atoms with Crippen molar-refractivity contribution in [2.75, 3.05) is 0 Å². The molecule has 3 atom stereocenters. The SMILES string of the molecule is Cc1ccc([C@@H]2C[C@@H]2[C@@H](C)N)cc1C. The molecule has 0 radical (unpaired) electrons. The van der Waals surface area contributed by atoms with E-state index >= 15 is 0 Å². The first-order valence-electron chi connectivity index (χ1n) is 5.42. The Morgan fingerprint density at radius 1 is 1.29 bits per heavy atom. The molecule has 0 unspecified atom stereocenters. The van der Waals surface area contributed by atoms with Gasteiger partial charge in [-0.2, -0.15) is 0 Å². The van der Waals surface area contributed by atoms with Gasteiger partial charge in [-0.25, -0.2) is 0 Å². The van der Waals surface area contributed by atoms with Crippen LogP contribution in [0.25, 0.3) is 0 Å². The third-order valence-corrected chi connectivity index (χ3v) is 3.47. The van der Waals surface area contributed by atoms with Gasteiger partial charge in [0.25, 0.3) is 0 Å². The maximum atomic E-state index is 5.89. The molecule has 14 heavy (non-hydrogen) atoms. The van der Waals surface area contributed by atoms with Gasteiger partial charge in [-0.3, -0.25) is 0 Å². The summed E-state index contributed by atoms with van der Waals surface area (Å²) in [6, 6.07) is 7.15. The second-order valence-electron chi connectivity index (χ2n) is 4.71. The summed E-state index contributed by atoms with van der Waals surface area (Å²) >= 11 is 0. The molecule has 0 aromatic heterocycles. The van der Waals surface area contributed by atoms with Gasteiger partial charge < -0.3 is 5.73 Å². The summed E-state index contributed by atoms with van der Waals surface area (Å²) in [4.78, 5) is 0. The standard InChI is InChI=1S/C13H19N/c1-8-4-5-11(6-9(8)2)13-7-12(13)10(3)14/h4-6,10,12-13H,7,14H2,1-3H3/t10-,12-,13+/m1/s1. The Labute approximate surface area is 86.3 Å². The van der Waals surface area contributed by atoms with Crippen molar-refractivity contribution in [1.82, 2.24) is 0 Å². The van der Waals surface area contributed by atoms with Gasteiger partial charge in [0, 0.05) is 6.04 Å².